The number of amides is 1. The molecule has 5 heteroatoms. The lowest BCUT2D eigenvalue weighted by molar-refractivity contribution is 0.0773. The molecule has 1 fully saturated rings. The van der Waals surface area contributed by atoms with Crippen LogP contribution in [0.1, 0.15) is 53.7 Å². The third-order valence-corrected chi connectivity index (χ3v) is 8.20. The fourth-order valence-electron chi connectivity index (χ4n) is 5.95. The predicted octanol–water partition coefficient (Wildman–Crippen LogP) is 5.67. The lowest BCUT2D eigenvalue weighted by atomic mass is 10.0. The molecule has 0 saturated carbocycles. The van der Waals surface area contributed by atoms with Crippen molar-refractivity contribution < 1.29 is 9.53 Å². The molecule has 2 aliphatic rings. The number of piperidine rings is 1. The first-order valence-corrected chi connectivity index (χ1v) is 14.3. The van der Waals surface area contributed by atoms with E-state index < -0.39 is 0 Å². The van der Waals surface area contributed by atoms with E-state index >= 15 is 0 Å². The van der Waals surface area contributed by atoms with E-state index in [1.54, 1.807) is 0 Å². The molecule has 0 unspecified atom stereocenters. The zero-order chi connectivity index (χ0) is 26.3. The fourth-order valence-corrected chi connectivity index (χ4v) is 5.95. The molecule has 0 aliphatic carbocycles. The van der Waals surface area contributed by atoms with Gasteiger partial charge in [0.1, 0.15) is 12.4 Å². The molecule has 2 heterocycles. The van der Waals surface area contributed by atoms with Crippen LogP contribution in [0.2, 0.25) is 0 Å². The Bertz CT molecular complexity index is 1200. The molecule has 0 aromatic heterocycles. The molecule has 1 amide bonds. The van der Waals surface area contributed by atoms with Gasteiger partial charge in [0.25, 0.3) is 5.91 Å². The summed E-state index contributed by atoms with van der Waals surface area (Å²) in [7, 11) is 0. The number of likely N-dealkylation sites (tertiary alicyclic amines) is 1. The van der Waals surface area contributed by atoms with Crippen LogP contribution < -0.4 is 9.64 Å². The molecule has 1 saturated heterocycles. The minimum Gasteiger partial charge on any atom is -0.492 e. The molecule has 38 heavy (non-hydrogen) atoms. The summed E-state index contributed by atoms with van der Waals surface area (Å²) in [5.74, 6) is 1.05. The molecule has 5 nitrogen and oxygen atoms in total. The summed E-state index contributed by atoms with van der Waals surface area (Å²) in [5, 5.41) is 0. The summed E-state index contributed by atoms with van der Waals surface area (Å²) in [6, 6.07) is 25.9. The van der Waals surface area contributed by atoms with Crippen molar-refractivity contribution in [3.8, 4) is 5.75 Å². The first-order valence-electron chi connectivity index (χ1n) is 14.3. The van der Waals surface area contributed by atoms with Crippen LogP contribution in [0.3, 0.4) is 0 Å². The van der Waals surface area contributed by atoms with E-state index in [-0.39, 0.29) is 5.91 Å². The van der Waals surface area contributed by atoms with Crippen molar-refractivity contribution in [3.63, 3.8) is 0 Å². The molecule has 200 valence electrons. The zero-order valence-corrected chi connectivity index (χ0v) is 22.9. The molecule has 2 aliphatic heterocycles. The maximum Gasteiger partial charge on any atom is 0.253 e. The summed E-state index contributed by atoms with van der Waals surface area (Å²) in [6.45, 7) is 10.6. The van der Waals surface area contributed by atoms with Gasteiger partial charge in [-0.15, -0.1) is 0 Å². The van der Waals surface area contributed by atoms with Crippen molar-refractivity contribution >= 4 is 11.6 Å². The highest BCUT2D eigenvalue weighted by Crippen LogP contribution is 2.32. The van der Waals surface area contributed by atoms with Crippen molar-refractivity contribution in [2.75, 3.05) is 50.8 Å². The SMILES string of the molecule is CCN(CC)C(=O)c1ccc(Cc2ccccc2OCCN2CCC(N3CCc4ccccc43)CC2)cc1. The van der Waals surface area contributed by atoms with Crippen molar-refractivity contribution in [1.82, 2.24) is 9.80 Å². The third kappa shape index (κ3) is 6.05. The number of ether oxygens (including phenoxy) is 1. The molecular weight excluding hydrogens is 470 g/mol. The van der Waals surface area contributed by atoms with E-state index in [1.165, 1.54) is 48.2 Å². The van der Waals surface area contributed by atoms with E-state index in [0.29, 0.717) is 12.6 Å². The van der Waals surface area contributed by atoms with Gasteiger partial charge in [0.05, 0.1) is 0 Å². The van der Waals surface area contributed by atoms with Crippen LogP contribution in [0.25, 0.3) is 0 Å². The van der Waals surface area contributed by atoms with Gasteiger partial charge in [-0.05, 0) is 74.1 Å². The molecule has 3 aromatic carbocycles. The van der Waals surface area contributed by atoms with Gasteiger partial charge in [0.2, 0.25) is 0 Å². The van der Waals surface area contributed by atoms with Gasteiger partial charge in [-0.3, -0.25) is 9.69 Å². The van der Waals surface area contributed by atoms with Crippen LogP contribution in [-0.2, 0) is 12.8 Å². The first kappa shape index (κ1) is 26.3. The number of rotatable bonds is 10. The third-order valence-electron chi connectivity index (χ3n) is 8.20. The Balaban J connectivity index is 1.10. The van der Waals surface area contributed by atoms with Gasteiger partial charge >= 0.3 is 0 Å². The summed E-state index contributed by atoms with van der Waals surface area (Å²) < 4.78 is 6.29. The number of carbonyl (C=O) groups excluding carboxylic acids is 1. The average molecular weight is 512 g/mol. The van der Waals surface area contributed by atoms with Crippen LogP contribution in [-0.4, -0.2) is 67.6 Å². The van der Waals surface area contributed by atoms with E-state index in [2.05, 4.69) is 64.4 Å². The number of fused-ring (bicyclic) bond motifs is 1. The molecule has 0 spiro atoms. The second-order valence-corrected chi connectivity index (χ2v) is 10.5. The fraction of sp³-hybridized carbons (Fsp3) is 0.424. The summed E-state index contributed by atoms with van der Waals surface area (Å²) in [6.07, 6.45) is 4.41. The standard InChI is InChI=1S/C33H41N3O2/c1-3-35(4-2)33(37)28-15-13-26(14-16-28)25-29-10-6-8-12-32(29)38-24-23-34-20-18-30(19-21-34)36-22-17-27-9-5-7-11-31(27)36/h5-16,30H,3-4,17-25H2,1-2H3. The Morgan fingerprint density at radius 1 is 0.895 bits per heavy atom. The highest BCUT2D eigenvalue weighted by Gasteiger charge is 2.28. The monoisotopic (exact) mass is 511 g/mol. The van der Waals surface area contributed by atoms with Crippen molar-refractivity contribution in [2.24, 2.45) is 0 Å². The number of carbonyl (C=O) groups is 1. The molecule has 3 aromatic rings. The number of hydrogen-bond acceptors (Lipinski definition) is 4. The van der Waals surface area contributed by atoms with Gasteiger partial charge in [-0.1, -0.05) is 48.5 Å². The van der Waals surface area contributed by atoms with Gasteiger partial charge in [-0.25, -0.2) is 0 Å². The van der Waals surface area contributed by atoms with Gasteiger partial charge < -0.3 is 14.5 Å². The molecule has 0 atom stereocenters. The Labute approximate surface area is 228 Å². The summed E-state index contributed by atoms with van der Waals surface area (Å²) >= 11 is 0. The second kappa shape index (κ2) is 12.5. The smallest absolute Gasteiger partial charge is 0.253 e. The number of nitrogens with zero attached hydrogens (tertiary/aromatic N) is 3. The molecular formula is C33H41N3O2. The molecule has 0 N–H and O–H groups in total. The first-order chi connectivity index (χ1) is 18.7. The predicted molar refractivity (Wildman–Crippen MR) is 155 cm³/mol. The maximum absolute atomic E-state index is 12.6. The van der Waals surface area contributed by atoms with Crippen LogP contribution in [0.15, 0.2) is 72.8 Å². The highest BCUT2D eigenvalue weighted by molar-refractivity contribution is 5.94. The van der Waals surface area contributed by atoms with Gasteiger partial charge in [0, 0.05) is 63.0 Å². The van der Waals surface area contributed by atoms with E-state index in [9.17, 15) is 4.79 Å². The van der Waals surface area contributed by atoms with E-state index in [4.69, 9.17) is 4.74 Å². The minimum absolute atomic E-state index is 0.0968. The van der Waals surface area contributed by atoms with Crippen molar-refractivity contribution in [3.05, 3.63) is 95.1 Å². The molecule has 5 rings (SSSR count). The number of hydrogen-bond donors (Lipinski definition) is 0. The van der Waals surface area contributed by atoms with Crippen molar-refractivity contribution in [2.45, 2.75) is 45.6 Å². The Morgan fingerprint density at radius 3 is 2.37 bits per heavy atom. The van der Waals surface area contributed by atoms with Crippen molar-refractivity contribution in [1.29, 1.82) is 0 Å². The Hall–Kier alpha value is -3.31. The van der Waals surface area contributed by atoms with Crippen LogP contribution in [0.4, 0.5) is 5.69 Å². The Morgan fingerprint density at radius 2 is 1.61 bits per heavy atom. The lowest BCUT2D eigenvalue weighted by Crippen LogP contribution is -2.45. The summed E-state index contributed by atoms with van der Waals surface area (Å²) in [4.78, 5) is 19.7. The lowest BCUT2D eigenvalue weighted by Gasteiger charge is -2.38. The number of benzene rings is 3. The summed E-state index contributed by atoms with van der Waals surface area (Å²) in [5.41, 5.74) is 6.08. The minimum atomic E-state index is 0.0968. The molecule has 0 bridgehead atoms. The average Bonchev–Trinajstić information content (AvgIpc) is 3.40. The second-order valence-electron chi connectivity index (χ2n) is 10.5. The van der Waals surface area contributed by atoms with Crippen LogP contribution >= 0.6 is 0 Å². The highest BCUT2D eigenvalue weighted by atomic mass is 16.5. The van der Waals surface area contributed by atoms with E-state index in [0.717, 1.165) is 50.5 Å². The van der Waals surface area contributed by atoms with E-state index in [1.807, 2.05) is 36.9 Å². The van der Waals surface area contributed by atoms with Gasteiger partial charge in [-0.2, -0.15) is 0 Å². The Kier molecular flexibility index (Phi) is 8.65. The van der Waals surface area contributed by atoms with Gasteiger partial charge in [0.15, 0.2) is 0 Å². The van der Waals surface area contributed by atoms with Crippen LogP contribution in [0, 0.1) is 0 Å². The number of para-hydroxylation sites is 2. The normalized spacial score (nSPS) is 15.9. The molecule has 0 radical (unpaired) electrons. The largest absolute Gasteiger partial charge is 0.492 e. The maximum atomic E-state index is 12.6. The van der Waals surface area contributed by atoms with Crippen LogP contribution in [0.5, 0.6) is 5.75 Å². The number of anilines is 1. The zero-order valence-electron chi connectivity index (χ0n) is 22.9. The topological polar surface area (TPSA) is 36.0 Å². The quantitative estimate of drug-likeness (QED) is 0.352.